The number of hydrogen-bond donors (Lipinski definition) is 2. The predicted octanol–water partition coefficient (Wildman–Crippen LogP) is 1.24. The molecule has 1 aromatic rings. The standard InChI is InChI=1S/C11H15NO4/c1-7-9(3-5-15-7)12-6-10-8(11(13)14)2-4-16-10/h2,4,7,9,12H,3,5-6H2,1H3,(H,13,14). The highest BCUT2D eigenvalue weighted by atomic mass is 16.5. The molecule has 0 aromatic carbocycles. The molecule has 2 rings (SSSR count). The molecule has 2 heterocycles. The fraction of sp³-hybridized carbons (Fsp3) is 0.545. The maximum Gasteiger partial charge on any atom is 0.339 e. The summed E-state index contributed by atoms with van der Waals surface area (Å²) in [5.74, 6) is -0.493. The molecule has 16 heavy (non-hydrogen) atoms. The molecule has 2 N–H and O–H groups in total. The number of ether oxygens (including phenoxy) is 1. The van der Waals surface area contributed by atoms with E-state index in [1.165, 1.54) is 12.3 Å². The van der Waals surface area contributed by atoms with Gasteiger partial charge in [-0.05, 0) is 19.4 Å². The largest absolute Gasteiger partial charge is 0.478 e. The fourth-order valence-electron chi connectivity index (χ4n) is 1.89. The van der Waals surface area contributed by atoms with Gasteiger partial charge in [0.15, 0.2) is 0 Å². The van der Waals surface area contributed by atoms with E-state index in [2.05, 4.69) is 5.32 Å². The molecule has 0 bridgehead atoms. The summed E-state index contributed by atoms with van der Waals surface area (Å²) in [7, 11) is 0. The Bertz CT molecular complexity index is 374. The molecule has 1 aliphatic rings. The second kappa shape index (κ2) is 4.67. The summed E-state index contributed by atoms with van der Waals surface area (Å²) in [6, 6.07) is 1.74. The van der Waals surface area contributed by atoms with Crippen molar-refractivity contribution in [3.05, 3.63) is 23.7 Å². The summed E-state index contributed by atoms with van der Waals surface area (Å²) in [5, 5.41) is 12.1. The predicted molar refractivity (Wildman–Crippen MR) is 56.3 cm³/mol. The number of nitrogens with one attached hydrogen (secondary N) is 1. The number of hydrogen-bond acceptors (Lipinski definition) is 4. The van der Waals surface area contributed by atoms with Gasteiger partial charge in [0.2, 0.25) is 0 Å². The molecule has 2 unspecified atom stereocenters. The average molecular weight is 225 g/mol. The molecule has 0 spiro atoms. The van der Waals surface area contributed by atoms with Crippen molar-refractivity contribution in [1.29, 1.82) is 0 Å². The molecule has 0 aliphatic carbocycles. The summed E-state index contributed by atoms with van der Waals surface area (Å²) >= 11 is 0. The van der Waals surface area contributed by atoms with Crippen molar-refractivity contribution in [3.63, 3.8) is 0 Å². The van der Waals surface area contributed by atoms with Gasteiger partial charge in [0, 0.05) is 12.6 Å². The Kier molecular flexibility index (Phi) is 3.26. The van der Waals surface area contributed by atoms with Crippen LogP contribution in [-0.2, 0) is 11.3 Å². The number of carboxylic acids is 1. The van der Waals surface area contributed by atoms with Gasteiger partial charge >= 0.3 is 5.97 Å². The molecule has 0 radical (unpaired) electrons. The van der Waals surface area contributed by atoms with Gasteiger partial charge in [-0.2, -0.15) is 0 Å². The Morgan fingerprint density at radius 1 is 1.69 bits per heavy atom. The maximum absolute atomic E-state index is 10.8. The van der Waals surface area contributed by atoms with E-state index in [-0.39, 0.29) is 17.7 Å². The summed E-state index contributed by atoms with van der Waals surface area (Å²) in [5.41, 5.74) is 0.221. The van der Waals surface area contributed by atoms with Crippen molar-refractivity contribution in [1.82, 2.24) is 5.32 Å². The number of rotatable bonds is 4. The average Bonchev–Trinajstić information content (AvgIpc) is 2.83. The SMILES string of the molecule is CC1OCCC1NCc1occc1C(=O)O. The van der Waals surface area contributed by atoms with Crippen LogP contribution < -0.4 is 5.32 Å². The van der Waals surface area contributed by atoms with Gasteiger partial charge in [-0.3, -0.25) is 0 Å². The molecule has 2 atom stereocenters. The number of furan rings is 1. The van der Waals surface area contributed by atoms with Crippen LogP contribution in [0.1, 0.15) is 29.5 Å². The fourth-order valence-corrected chi connectivity index (χ4v) is 1.89. The van der Waals surface area contributed by atoms with Crippen LogP contribution in [0.3, 0.4) is 0 Å². The molecule has 1 aromatic heterocycles. The lowest BCUT2D eigenvalue weighted by Gasteiger charge is -2.15. The van der Waals surface area contributed by atoms with E-state index in [4.69, 9.17) is 14.3 Å². The molecule has 1 fully saturated rings. The Hall–Kier alpha value is -1.33. The van der Waals surface area contributed by atoms with Crippen LogP contribution in [0.15, 0.2) is 16.7 Å². The summed E-state index contributed by atoms with van der Waals surface area (Å²) < 4.78 is 10.5. The van der Waals surface area contributed by atoms with Crippen molar-refractivity contribution in [2.75, 3.05) is 6.61 Å². The highest BCUT2D eigenvalue weighted by Gasteiger charge is 2.24. The lowest BCUT2D eigenvalue weighted by atomic mass is 10.1. The van der Waals surface area contributed by atoms with E-state index in [1.807, 2.05) is 6.92 Å². The van der Waals surface area contributed by atoms with Gasteiger partial charge in [-0.1, -0.05) is 0 Å². The monoisotopic (exact) mass is 225 g/mol. The van der Waals surface area contributed by atoms with Gasteiger partial charge < -0.3 is 19.6 Å². The number of carboxylic acid groups (broad SMARTS) is 1. The zero-order chi connectivity index (χ0) is 11.5. The zero-order valence-electron chi connectivity index (χ0n) is 9.10. The smallest absolute Gasteiger partial charge is 0.339 e. The highest BCUT2D eigenvalue weighted by molar-refractivity contribution is 5.88. The highest BCUT2D eigenvalue weighted by Crippen LogP contribution is 2.15. The molecule has 1 saturated heterocycles. The molecule has 0 saturated carbocycles. The van der Waals surface area contributed by atoms with Crippen molar-refractivity contribution in [2.45, 2.75) is 32.0 Å². The number of aromatic carboxylic acids is 1. The van der Waals surface area contributed by atoms with Crippen LogP contribution in [0.25, 0.3) is 0 Å². The minimum Gasteiger partial charge on any atom is -0.478 e. The topological polar surface area (TPSA) is 71.7 Å². The molecule has 1 aliphatic heterocycles. The Morgan fingerprint density at radius 3 is 3.12 bits per heavy atom. The van der Waals surface area contributed by atoms with E-state index < -0.39 is 5.97 Å². The molecule has 88 valence electrons. The Morgan fingerprint density at radius 2 is 2.50 bits per heavy atom. The van der Waals surface area contributed by atoms with E-state index in [0.29, 0.717) is 12.3 Å². The molecule has 5 nitrogen and oxygen atoms in total. The molecular weight excluding hydrogens is 210 g/mol. The van der Waals surface area contributed by atoms with Crippen LogP contribution in [-0.4, -0.2) is 29.8 Å². The first-order valence-corrected chi connectivity index (χ1v) is 5.33. The molecular formula is C11H15NO4. The Labute approximate surface area is 93.4 Å². The lowest BCUT2D eigenvalue weighted by molar-refractivity contribution is 0.0694. The minimum atomic E-state index is -0.957. The van der Waals surface area contributed by atoms with Crippen LogP contribution in [0.5, 0.6) is 0 Å². The van der Waals surface area contributed by atoms with Gasteiger partial charge in [-0.25, -0.2) is 4.79 Å². The second-order valence-electron chi connectivity index (χ2n) is 3.91. The van der Waals surface area contributed by atoms with Gasteiger partial charge in [0.1, 0.15) is 11.3 Å². The minimum absolute atomic E-state index is 0.170. The van der Waals surface area contributed by atoms with Gasteiger partial charge in [-0.15, -0.1) is 0 Å². The van der Waals surface area contributed by atoms with Gasteiger partial charge in [0.05, 0.1) is 18.9 Å². The Balaban J connectivity index is 1.94. The quantitative estimate of drug-likeness (QED) is 0.806. The van der Waals surface area contributed by atoms with Crippen LogP contribution in [0, 0.1) is 0 Å². The summed E-state index contributed by atoms with van der Waals surface area (Å²) in [6.07, 6.45) is 2.52. The second-order valence-corrected chi connectivity index (χ2v) is 3.91. The zero-order valence-corrected chi connectivity index (χ0v) is 9.10. The van der Waals surface area contributed by atoms with Crippen LogP contribution in [0.2, 0.25) is 0 Å². The summed E-state index contributed by atoms with van der Waals surface area (Å²) in [4.78, 5) is 10.8. The van der Waals surface area contributed by atoms with E-state index in [1.54, 1.807) is 0 Å². The van der Waals surface area contributed by atoms with Crippen molar-refractivity contribution >= 4 is 5.97 Å². The lowest BCUT2D eigenvalue weighted by Crippen LogP contribution is -2.34. The third kappa shape index (κ3) is 2.25. The van der Waals surface area contributed by atoms with E-state index >= 15 is 0 Å². The van der Waals surface area contributed by atoms with E-state index in [9.17, 15) is 4.79 Å². The molecule has 0 amide bonds. The van der Waals surface area contributed by atoms with Gasteiger partial charge in [0.25, 0.3) is 0 Å². The van der Waals surface area contributed by atoms with Crippen molar-refractivity contribution < 1.29 is 19.1 Å². The maximum atomic E-state index is 10.8. The normalized spacial score (nSPS) is 24.8. The number of carbonyl (C=O) groups is 1. The van der Waals surface area contributed by atoms with Crippen molar-refractivity contribution in [2.24, 2.45) is 0 Å². The van der Waals surface area contributed by atoms with Crippen LogP contribution >= 0.6 is 0 Å². The first kappa shape index (κ1) is 11.2. The molecule has 5 heteroatoms. The van der Waals surface area contributed by atoms with Crippen molar-refractivity contribution in [3.8, 4) is 0 Å². The summed E-state index contributed by atoms with van der Waals surface area (Å²) in [6.45, 7) is 3.18. The first-order valence-electron chi connectivity index (χ1n) is 5.33. The first-order chi connectivity index (χ1) is 7.68. The van der Waals surface area contributed by atoms with E-state index in [0.717, 1.165) is 13.0 Å². The van der Waals surface area contributed by atoms with Crippen LogP contribution in [0.4, 0.5) is 0 Å². The third-order valence-corrected chi connectivity index (χ3v) is 2.88. The third-order valence-electron chi connectivity index (χ3n) is 2.88.